The van der Waals surface area contributed by atoms with E-state index in [-0.39, 0.29) is 4.77 Å². The molecular weight excluding hydrogens is 279 g/mol. The molecule has 1 aromatic rings. The number of nitrogens with zero attached hydrogens (tertiary/aromatic N) is 1. The van der Waals surface area contributed by atoms with Gasteiger partial charge in [-0.1, -0.05) is 0 Å². The first kappa shape index (κ1) is 14.3. The van der Waals surface area contributed by atoms with Crippen LogP contribution in [0.5, 0.6) is 0 Å². The number of H-pyrrole nitrogens is 1. The van der Waals surface area contributed by atoms with E-state index < -0.39 is 36.0 Å². The fraction of sp³-hybridized carbons (Fsp3) is 0.600. The van der Waals surface area contributed by atoms with Crippen molar-refractivity contribution in [3.63, 3.8) is 0 Å². The average Bonchev–Trinajstić information content (AvgIpc) is 2.51. The van der Waals surface area contributed by atoms with Crippen LogP contribution in [0.1, 0.15) is 13.2 Å². The molecule has 1 aliphatic heterocycles. The largest absolute Gasteiger partial charge is 0.390 e. The Morgan fingerprint density at radius 2 is 2.32 bits per heavy atom. The minimum absolute atomic E-state index is 0.104. The smallest absolute Gasteiger partial charge is 0.263 e. The van der Waals surface area contributed by atoms with E-state index in [2.05, 4.69) is 4.98 Å². The lowest BCUT2D eigenvalue weighted by Crippen LogP contribution is -2.48. The summed E-state index contributed by atoms with van der Waals surface area (Å²) < 4.78 is 20.0. The van der Waals surface area contributed by atoms with Crippen molar-refractivity contribution >= 4 is 12.2 Å². The highest BCUT2D eigenvalue weighted by Gasteiger charge is 2.62. The molecule has 1 aliphatic rings. The topological polar surface area (TPSA) is 108 Å². The number of aliphatic hydroxyl groups excluding tert-OH is 2. The number of aliphatic hydroxyl groups is 3. The van der Waals surface area contributed by atoms with Crippen molar-refractivity contribution in [2.75, 3.05) is 6.61 Å². The van der Waals surface area contributed by atoms with Crippen LogP contribution in [0.25, 0.3) is 0 Å². The molecule has 19 heavy (non-hydrogen) atoms. The van der Waals surface area contributed by atoms with Gasteiger partial charge in [0.2, 0.25) is 0 Å². The number of aromatic amines is 1. The van der Waals surface area contributed by atoms with Gasteiger partial charge < -0.3 is 20.1 Å². The number of rotatable bonds is 2. The van der Waals surface area contributed by atoms with Crippen molar-refractivity contribution in [1.29, 1.82) is 0 Å². The van der Waals surface area contributed by atoms with E-state index in [0.29, 0.717) is 0 Å². The summed E-state index contributed by atoms with van der Waals surface area (Å²) in [4.78, 5) is 13.3. The number of ether oxygens (including phenoxy) is 1. The SMILES string of the molecule is CC1(O)[C@@H](O)[C@@](F)(CO)O[C@H]1n1ccc(=O)[nH]c1=S. The van der Waals surface area contributed by atoms with E-state index in [9.17, 15) is 19.4 Å². The van der Waals surface area contributed by atoms with Gasteiger partial charge >= 0.3 is 0 Å². The first-order valence-corrected chi connectivity index (χ1v) is 5.82. The summed E-state index contributed by atoms with van der Waals surface area (Å²) in [6.07, 6.45) is -2.15. The number of aromatic nitrogens is 2. The Hall–Kier alpha value is -1.13. The number of alkyl halides is 1. The minimum Gasteiger partial charge on any atom is -0.390 e. The summed E-state index contributed by atoms with van der Waals surface area (Å²) in [7, 11) is 0. The molecule has 7 nitrogen and oxygen atoms in total. The quantitative estimate of drug-likeness (QED) is 0.532. The molecule has 0 amide bonds. The van der Waals surface area contributed by atoms with Gasteiger partial charge in [0.25, 0.3) is 11.4 Å². The zero-order chi connectivity index (χ0) is 14.4. The first-order valence-electron chi connectivity index (χ1n) is 5.42. The number of hydrogen-bond acceptors (Lipinski definition) is 6. The Morgan fingerprint density at radius 3 is 2.79 bits per heavy atom. The first-order chi connectivity index (χ1) is 8.72. The van der Waals surface area contributed by atoms with Gasteiger partial charge in [-0.3, -0.25) is 14.3 Å². The van der Waals surface area contributed by atoms with Gasteiger partial charge in [0.1, 0.15) is 18.3 Å². The Balaban J connectivity index is 2.51. The highest BCUT2D eigenvalue weighted by molar-refractivity contribution is 7.71. The molecule has 4 atom stereocenters. The van der Waals surface area contributed by atoms with Crippen molar-refractivity contribution in [2.24, 2.45) is 0 Å². The van der Waals surface area contributed by atoms with E-state index in [1.54, 1.807) is 0 Å². The van der Waals surface area contributed by atoms with Crippen molar-refractivity contribution in [1.82, 2.24) is 9.55 Å². The molecule has 2 rings (SSSR count). The summed E-state index contributed by atoms with van der Waals surface area (Å²) in [5, 5.41) is 28.8. The second-order valence-corrected chi connectivity index (χ2v) is 4.95. The lowest BCUT2D eigenvalue weighted by molar-refractivity contribution is -0.207. The highest BCUT2D eigenvalue weighted by atomic mass is 32.1. The molecule has 1 fully saturated rings. The summed E-state index contributed by atoms with van der Waals surface area (Å²) in [6.45, 7) is 0.0176. The molecule has 2 heterocycles. The Morgan fingerprint density at radius 1 is 1.68 bits per heavy atom. The highest BCUT2D eigenvalue weighted by Crippen LogP contribution is 2.44. The molecule has 1 saturated heterocycles. The lowest BCUT2D eigenvalue weighted by Gasteiger charge is -2.27. The van der Waals surface area contributed by atoms with Gasteiger partial charge in [-0.25, -0.2) is 4.39 Å². The third kappa shape index (κ3) is 2.13. The van der Waals surface area contributed by atoms with Crippen LogP contribution in [-0.4, -0.2) is 49.0 Å². The van der Waals surface area contributed by atoms with Crippen molar-refractivity contribution in [3.8, 4) is 0 Å². The minimum atomic E-state index is -2.81. The molecule has 0 spiro atoms. The van der Waals surface area contributed by atoms with Gasteiger partial charge in [-0.05, 0) is 19.1 Å². The fourth-order valence-corrected chi connectivity index (χ4v) is 2.27. The molecule has 0 saturated carbocycles. The van der Waals surface area contributed by atoms with Crippen LogP contribution in [0.4, 0.5) is 4.39 Å². The summed E-state index contributed by atoms with van der Waals surface area (Å²) in [5.74, 6) is -2.81. The second kappa shape index (κ2) is 4.46. The second-order valence-electron chi connectivity index (χ2n) is 4.56. The van der Waals surface area contributed by atoms with Crippen molar-refractivity contribution in [2.45, 2.75) is 30.7 Å². The van der Waals surface area contributed by atoms with Crippen LogP contribution in [0, 0.1) is 4.77 Å². The number of halogens is 1. The Bertz CT molecular complexity index is 600. The van der Waals surface area contributed by atoms with Crippen molar-refractivity contribution < 1.29 is 24.4 Å². The third-order valence-corrected chi connectivity index (χ3v) is 3.40. The Labute approximate surface area is 111 Å². The van der Waals surface area contributed by atoms with Gasteiger partial charge in [-0.2, -0.15) is 0 Å². The molecule has 1 unspecified atom stereocenters. The van der Waals surface area contributed by atoms with E-state index >= 15 is 0 Å². The van der Waals surface area contributed by atoms with Crippen LogP contribution < -0.4 is 5.56 Å². The van der Waals surface area contributed by atoms with Crippen LogP contribution in [0.2, 0.25) is 0 Å². The fourth-order valence-electron chi connectivity index (χ4n) is 2.01. The van der Waals surface area contributed by atoms with E-state index in [1.807, 2.05) is 0 Å². The van der Waals surface area contributed by atoms with Gasteiger partial charge in [0, 0.05) is 12.3 Å². The summed E-state index contributed by atoms with van der Waals surface area (Å²) in [5.41, 5.74) is -2.50. The van der Waals surface area contributed by atoms with E-state index in [1.165, 1.54) is 6.20 Å². The third-order valence-electron chi connectivity index (χ3n) is 3.09. The van der Waals surface area contributed by atoms with Crippen molar-refractivity contribution in [3.05, 3.63) is 27.4 Å². The van der Waals surface area contributed by atoms with Crippen LogP contribution in [-0.2, 0) is 4.74 Å². The molecule has 0 aliphatic carbocycles. The van der Waals surface area contributed by atoms with Crippen LogP contribution >= 0.6 is 12.2 Å². The maximum atomic E-state index is 14.1. The van der Waals surface area contributed by atoms with E-state index in [4.69, 9.17) is 22.1 Å². The molecule has 0 radical (unpaired) electrons. The normalized spacial score (nSPS) is 38.6. The molecule has 0 aromatic carbocycles. The molecular formula is C10H13FN2O5S. The standard InChI is InChI=1S/C10H13FN2O5S/c1-9(17)6(16)10(11,4-14)18-7(9)13-3-2-5(15)12-8(13)19/h2-3,6-7,14,16-17H,4H2,1H3,(H,12,15,19)/t6-,7-,9?,10-/m1/s1. The average molecular weight is 292 g/mol. The van der Waals surface area contributed by atoms with Gasteiger partial charge in [-0.15, -0.1) is 0 Å². The van der Waals surface area contributed by atoms with Crippen LogP contribution in [0.3, 0.4) is 0 Å². The summed E-state index contributed by atoms with van der Waals surface area (Å²) in [6, 6.07) is 1.11. The van der Waals surface area contributed by atoms with Gasteiger partial charge in [0.15, 0.2) is 11.0 Å². The van der Waals surface area contributed by atoms with Gasteiger partial charge in [0.05, 0.1) is 0 Å². The zero-order valence-electron chi connectivity index (χ0n) is 9.91. The predicted octanol–water partition coefficient (Wildman–Crippen LogP) is -0.795. The zero-order valence-corrected chi connectivity index (χ0v) is 10.7. The van der Waals surface area contributed by atoms with E-state index in [0.717, 1.165) is 17.6 Å². The maximum Gasteiger partial charge on any atom is 0.263 e. The molecule has 1 aromatic heterocycles. The predicted molar refractivity (Wildman–Crippen MR) is 63.6 cm³/mol. The molecule has 9 heteroatoms. The van der Waals surface area contributed by atoms with Crippen LogP contribution in [0.15, 0.2) is 17.1 Å². The lowest BCUT2D eigenvalue weighted by atomic mass is 9.95. The molecule has 4 N–H and O–H groups in total. The monoisotopic (exact) mass is 292 g/mol. The number of hydrogen-bond donors (Lipinski definition) is 4. The molecule has 0 bridgehead atoms. The maximum absolute atomic E-state index is 14.1. The molecule has 106 valence electrons. The Kier molecular flexibility index (Phi) is 3.35. The summed E-state index contributed by atoms with van der Waals surface area (Å²) >= 11 is 4.88. The number of nitrogens with one attached hydrogen (secondary N) is 1.